The minimum atomic E-state index is -1.02. The van der Waals surface area contributed by atoms with Gasteiger partial charge in [0.25, 0.3) is 5.56 Å². The third-order valence-electron chi connectivity index (χ3n) is 7.21. The molecular weight excluding hydrogens is 531 g/mol. The number of amides is 3. The Morgan fingerprint density at radius 2 is 2.10 bits per heavy atom. The Labute approximate surface area is 236 Å². The maximum absolute atomic E-state index is 14.6. The van der Waals surface area contributed by atoms with E-state index in [-0.39, 0.29) is 30.4 Å². The normalized spacial score (nSPS) is 14.0. The van der Waals surface area contributed by atoms with E-state index in [9.17, 15) is 23.6 Å². The zero-order valence-electron chi connectivity index (χ0n) is 23.4. The Hall–Kier alpha value is -4.48. The second kappa shape index (κ2) is 13.2. The van der Waals surface area contributed by atoms with Crippen LogP contribution in [0.15, 0.2) is 47.5 Å². The van der Waals surface area contributed by atoms with Crippen LogP contribution in [0, 0.1) is 11.7 Å². The van der Waals surface area contributed by atoms with Crippen LogP contribution >= 0.6 is 0 Å². The number of hydrogen-bond acceptors (Lipinski definition) is 6. The van der Waals surface area contributed by atoms with Crippen molar-refractivity contribution in [2.45, 2.75) is 51.1 Å². The number of rotatable bonds is 11. The van der Waals surface area contributed by atoms with E-state index >= 15 is 0 Å². The fourth-order valence-electron chi connectivity index (χ4n) is 4.65. The molecule has 3 amide bonds. The lowest BCUT2D eigenvalue weighted by atomic mass is 9.81. The average molecular weight is 567 g/mol. The van der Waals surface area contributed by atoms with E-state index in [1.165, 1.54) is 41.3 Å². The third kappa shape index (κ3) is 7.38. The molecule has 1 saturated carbocycles. The zero-order chi connectivity index (χ0) is 29.5. The molecule has 0 bridgehead atoms. The van der Waals surface area contributed by atoms with Gasteiger partial charge < -0.3 is 29.8 Å². The van der Waals surface area contributed by atoms with E-state index in [1.807, 2.05) is 0 Å². The molecular formula is C29H35FN6O5. The largest absolute Gasteiger partial charge is 0.453 e. The summed E-state index contributed by atoms with van der Waals surface area (Å²) in [5, 5.41) is 5.06. The molecule has 0 aliphatic heterocycles. The third-order valence-corrected chi connectivity index (χ3v) is 7.21. The molecule has 41 heavy (non-hydrogen) atoms. The van der Waals surface area contributed by atoms with Crippen LogP contribution in [0.5, 0.6) is 0 Å². The lowest BCUT2D eigenvalue weighted by molar-refractivity contribution is -0.123. The van der Waals surface area contributed by atoms with Crippen molar-refractivity contribution in [2.24, 2.45) is 5.92 Å². The van der Waals surface area contributed by atoms with Gasteiger partial charge in [0.15, 0.2) is 0 Å². The topological polar surface area (TPSA) is 138 Å². The Morgan fingerprint density at radius 3 is 2.78 bits per heavy atom. The number of fused-ring (bicyclic) bond motifs is 1. The number of methoxy groups -OCH3 is 1. The summed E-state index contributed by atoms with van der Waals surface area (Å²) in [5.41, 5.74) is 2.13. The van der Waals surface area contributed by atoms with Gasteiger partial charge in [0.05, 0.1) is 30.9 Å². The van der Waals surface area contributed by atoms with Gasteiger partial charge in [0.1, 0.15) is 17.5 Å². The van der Waals surface area contributed by atoms with Crippen molar-refractivity contribution in [2.75, 3.05) is 26.5 Å². The van der Waals surface area contributed by atoms with Crippen molar-refractivity contribution in [3.63, 3.8) is 0 Å². The summed E-state index contributed by atoms with van der Waals surface area (Å²) in [5.74, 6) is -0.681. The molecule has 11 nitrogen and oxygen atoms in total. The molecule has 0 radical (unpaired) electrons. The van der Waals surface area contributed by atoms with Crippen LogP contribution in [0.1, 0.15) is 43.4 Å². The van der Waals surface area contributed by atoms with E-state index in [2.05, 4.69) is 25.3 Å². The quantitative estimate of drug-likeness (QED) is 0.305. The summed E-state index contributed by atoms with van der Waals surface area (Å²) in [4.78, 5) is 58.7. The van der Waals surface area contributed by atoms with Crippen molar-refractivity contribution in [1.82, 2.24) is 24.8 Å². The molecule has 1 aliphatic rings. The van der Waals surface area contributed by atoms with Gasteiger partial charge in [-0.2, -0.15) is 0 Å². The van der Waals surface area contributed by atoms with E-state index in [0.29, 0.717) is 41.1 Å². The fraction of sp³-hybridized carbons (Fsp3) is 0.414. The fourth-order valence-corrected chi connectivity index (χ4v) is 4.65. The number of aromatic nitrogens is 3. The number of alkyl carbamates (subject to hydrolysis) is 1. The molecule has 0 unspecified atom stereocenters. The highest BCUT2D eigenvalue weighted by Crippen LogP contribution is 2.32. The maximum atomic E-state index is 14.6. The molecule has 218 valence electrons. The van der Waals surface area contributed by atoms with Gasteiger partial charge >= 0.3 is 6.09 Å². The van der Waals surface area contributed by atoms with E-state index in [0.717, 1.165) is 12.8 Å². The van der Waals surface area contributed by atoms with Crippen LogP contribution in [-0.2, 0) is 27.3 Å². The maximum Gasteiger partial charge on any atom is 0.407 e. The molecule has 1 atom stereocenters. The first-order valence-corrected chi connectivity index (χ1v) is 13.5. The number of pyridine rings is 2. The van der Waals surface area contributed by atoms with Gasteiger partial charge in [-0.3, -0.25) is 19.4 Å². The molecule has 3 heterocycles. The minimum Gasteiger partial charge on any atom is -0.453 e. The summed E-state index contributed by atoms with van der Waals surface area (Å²) in [6, 6.07) is 3.87. The zero-order valence-corrected chi connectivity index (χ0v) is 23.4. The standard InChI is InChI=1S/C29H35FN6O5/c1-35(2)25(37)12-5-4-10-22(34-29(40)41-3)27(38)33-23-11-7-13-36(28(23)39)17-19-15-24-26(32-19)20(21(30)16-31-24)14-18-8-6-9-18/h5,7,11-13,15-16,18,22,32H,4,6,8-10,14,17H2,1-3H3,(H,33,38)(H,34,40)/b12-5+/t22-/m0/s1. The Morgan fingerprint density at radius 1 is 1.32 bits per heavy atom. The molecule has 0 spiro atoms. The molecule has 1 aliphatic carbocycles. The molecule has 0 aromatic carbocycles. The predicted octanol–water partition coefficient (Wildman–Crippen LogP) is 3.34. The van der Waals surface area contributed by atoms with Crippen LogP contribution in [0.2, 0.25) is 0 Å². The summed E-state index contributed by atoms with van der Waals surface area (Å²) in [6.07, 6.45) is 9.50. The van der Waals surface area contributed by atoms with Crippen molar-refractivity contribution in [3.8, 4) is 0 Å². The number of halogens is 1. The Kier molecular flexibility index (Phi) is 9.53. The van der Waals surface area contributed by atoms with Crippen molar-refractivity contribution in [1.29, 1.82) is 0 Å². The first kappa shape index (κ1) is 29.5. The number of carbonyl (C=O) groups excluding carboxylic acids is 3. The van der Waals surface area contributed by atoms with Crippen LogP contribution < -0.4 is 16.2 Å². The highest BCUT2D eigenvalue weighted by molar-refractivity contribution is 5.96. The molecule has 3 N–H and O–H groups in total. The highest BCUT2D eigenvalue weighted by atomic mass is 19.1. The number of nitrogens with one attached hydrogen (secondary N) is 3. The van der Waals surface area contributed by atoms with Crippen molar-refractivity contribution >= 4 is 34.6 Å². The number of anilines is 1. The number of aromatic amines is 1. The van der Waals surface area contributed by atoms with Crippen LogP contribution in [-0.4, -0.2) is 64.6 Å². The number of allylic oxidation sites excluding steroid dienone is 1. The van der Waals surface area contributed by atoms with Gasteiger partial charge in [0, 0.05) is 31.5 Å². The number of ether oxygens (including phenoxy) is 1. The average Bonchev–Trinajstić information content (AvgIpc) is 3.33. The molecule has 4 rings (SSSR count). The van der Waals surface area contributed by atoms with Gasteiger partial charge in [-0.1, -0.05) is 25.3 Å². The van der Waals surface area contributed by atoms with Crippen LogP contribution in [0.4, 0.5) is 14.9 Å². The lowest BCUT2D eigenvalue weighted by Crippen LogP contribution is -2.44. The number of carbonyl (C=O) groups is 3. The summed E-state index contributed by atoms with van der Waals surface area (Å²) < 4.78 is 20.7. The SMILES string of the molecule is COC(=O)N[C@@H](CC/C=C/C(=O)N(C)C)C(=O)Nc1cccn(Cc2cc3ncc(F)c(CC4CCC4)c3[nH]2)c1=O. The number of likely N-dealkylation sites (N-methyl/N-ethyl adjacent to an activating group) is 1. The molecule has 1 fully saturated rings. The summed E-state index contributed by atoms with van der Waals surface area (Å²) in [6.45, 7) is 0.151. The lowest BCUT2D eigenvalue weighted by Gasteiger charge is -2.25. The monoisotopic (exact) mass is 566 g/mol. The van der Waals surface area contributed by atoms with E-state index in [1.54, 1.807) is 38.5 Å². The molecule has 12 heteroatoms. The predicted molar refractivity (Wildman–Crippen MR) is 152 cm³/mol. The minimum absolute atomic E-state index is 0.0263. The molecule has 0 saturated heterocycles. The van der Waals surface area contributed by atoms with E-state index in [4.69, 9.17) is 0 Å². The van der Waals surface area contributed by atoms with Crippen LogP contribution in [0.3, 0.4) is 0 Å². The number of hydrogen-bond donors (Lipinski definition) is 3. The van der Waals surface area contributed by atoms with E-state index < -0.39 is 23.6 Å². The first-order chi connectivity index (χ1) is 19.7. The number of nitrogens with zero attached hydrogens (tertiary/aromatic N) is 3. The summed E-state index contributed by atoms with van der Waals surface area (Å²) in [7, 11) is 4.42. The van der Waals surface area contributed by atoms with Crippen molar-refractivity contribution in [3.05, 3.63) is 70.2 Å². The van der Waals surface area contributed by atoms with Crippen LogP contribution in [0.25, 0.3) is 11.0 Å². The van der Waals surface area contributed by atoms with Gasteiger partial charge in [-0.15, -0.1) is 0 Å². The Bertz CT molecular complexity index is 1510. The molecule has 3 aromatic rings. The second-order valence-corrected chi connectivity index (χ2v) is 10.4. The van der Waals surface area contributed by atoms with Gasteiger partial charge in [-0.05, 0) is 49.5 Å². The Balaban J connectivity index is 1.48. The van der Waals surface area contributed by atoms with Gasteiger partial charge in [-0.25, -0.2) is 9.18 Å². The first-order valence-electron chi connectivity index (χ1n) is 13.5. The second-order valence-electron chi connectivity index (χ2n) is 10.4. The molecule has 3 aromatic heterocycles. The van der Waals surface area contributed by atoms with Crippen molar-refractivity contribution < 1.29 is 23.5 Å². The highest BCUT2D eigenvalue weighted by Gasteiger charge is 2.23. The number of H-pyrrole nitrogens is 1. The van der Waals surface area contributed by atoms with Gasteiger partial charge in [0.2, 0.25) is 11.8 Å². The summed E-state index contributed by atoms with van der Waals surface area (Å²) >= 11 is 0. The smallest absolute Gasteiger partial charge is 0.407 e.